The van der Waals surface area contributed by atoms with Gasteiger partial charge in [0.2, 0.25) is 5.91 Å². The third kappa shape index (κ3) is 4.34. The topological polar surface area (TPSA) is 58.6 Å². The quantitative estimate of drug-likeness (QED) is 0.446. The van der Waals surface area contributed by atoms with Crippen molar-refractivity contribution in [1.82, 2.24) is 10.2 Å². The van der Waals surface area contributed by atoms with E-state index in [2.05, 4.69) is 11.9 Å². The first-order valence-electron chi connectivity index (χ1n) is 7.07. The van der Waals surface area contributed by atoms with Gasteiger partial charge < -0.3 is 15.0 Å². The van der Waals surface area contributed by atoms with Crippen molar-refractivity contribution in [3.63, 3.8) is 0 Å². The number of likely N-dealkylation sites (tertiary alicyclic amines) is 1. The Morgan fingerprint density at radius 3 is 2.86 bits per heavy atom. The summed E-state index contributed by atoms with van der Waals surface area (Å²) in [4.78, 5) is 25.3. The van der Waals surface area contributed by atoms with Crippen LogP contribution < -0.4 is 10.1 Å². The Labute approximate surface area is 124 Å². The van der Waals surface area contributed by atoms with Crippen LogP contribution in [0.3, 0.4) is 0 Å². The molecule has 5 nitrogen and oxygen atoms in total. The van der Waals surface area contributed by atoms with E-state index in [1.807, 2.05) is 24.3 Å². The van der Waals surface area contributed by atoms with Crippen molar-refractivity contribution in [2.75, 3.05) is 19.7 Å². The summed E-state index contributed by atoms with van der Waals surface area (Å²) in [6.07, 6.45) is 3.64. The van der Waals surface area contributed by atoms with Crippen LogP contribution in [0.15, 0.2) is 43.0 Å². The minimum Gasteiger partial charge on any atom is -0.484 e. The number of hydrogen-bond acceptors (Lipinski definition) is 3. The summed E-state index contributed by atoms with van der Waals surface area (Å²) in [6, 6.07) is 8.71. The molecule has 0 aromatic heterocycles. The van der Waals surface area contributed by atoms with Crippen LogP contribution in [0.2, 0.25) is 0 Å². The standard InChI is InChI=1S/C16H20N2O3/c1-2-3-7-10-18-11-14(16(18)20)17-15(19)12-21-13-8-5-4-6-9-13/h2,4-6,8-9,14H,1,3,7,10-12H2,(H,17,19)/t14-/m1/s1. The zero-order valence-corrected chi connectivity index (χ0v) is 12.0. The van der Waals surface area contributed by atoms with Gasteiger partial charge in [0.15, 0.2) is 6.61 Å². The van der Waals surface area contributed by atoms with Crippen molar-refractivity contribution in [2.45, 2.75) is 18.9 Å². The lowest BCUT2D eigenvalue weighted by Crippen LogP contribution is -2.64. The van der Waals surface area contributed by atoms with Gasteiger partial charge in [-0.25, -0.2) is 0 Å². The molecule has 21 heavy (non-hydrogen) atoms. The summed E-state index contributed by atoms with van der Waals surface area (Å²) in [7, 11) is 0. The molecule has 2 amide bonds. The van der Waals surface area contributed by atoms with Crippen molar-refractivity contribution in [1.29, 1.82) is 0 Å². The Hall–Kier alpha value is -2.30. The summed E-state index contributed by atoms with van der Waals surface area (Å²) in [5.74, 6) is 0.341. The van der Waals surface area contributed by atoms with Crippen molar-refractivity contribution < 1.29 is 14.3 Å². The fourth-order valence-corrected chi connectivity index (χ4v) is 2.13. The number of hydrogen-bond donors (Lipinski definition) is 1. The van der Waals surface area contributed by atoms with E-state index in [1.54, 1.807) is 17.0 Å². The molecule has 1 aromatic carbocycles. The first kappa shape index (κ1) is 15.1. The average molecular weight is 288 g/mol. The van der Waals surface area contributed by atoms with Crippen LogP contribution in [0.4, 0.5) is 0 Å². The lowest BCUT2D eigenvalue weighted by atomic mass is 10.1. The van der Waals surface area contributed by atoms with E-state index in [4.69, 9.17) is 4.74 Å². The van der Waals surface area contributed by atoms with Crippen LogP contribution in [-0.4, -0.2) is 42.5 Å². The van der Waals surface area contributed by atoms with Crippen LogP contribution in [0.1, 0.15) is 12.8 Å². The SMILES string of the molecule is C=CCCCN1C[C@@H](NC(=O)COc2ccccc2)C1=O. The van der Waals surface area contributed by atoms with Crippen LogP contribution in [0, 0.1) is 0 Å². The average Bonchev–Trinajstić information content (AvgIpc) is 2.52. The molecule has 5 heteroatoms. The molecule has 112 valence electrons. The van der Waals surface area contributed by atoms with Crippen LogP contribution >= 0.6 is 0 Å². The van der Waals surface area contributed by atoms with Crippen molar-refractivity contribution >= 4 is 11.8 Å². The number of unbranched alkanes of at least 4 members (excludes halogenated alkanes) is 1. The Balaban J connectivity index is 1.65. The smallest absolute Gasteiger partial charge is 0.258 e. The van der Waals surface area contributed by atoms with E-state index < -0.39 is 6.04 Å². The molecule has 1 aliphatic rings. The van der Waals surface area contributed by atoms with Crippen molar-refractivity contribution in [3.8, 4) is 5.75 Å². The van der Waals surface area contributed by atoms with Crippen molar-refractivity contribution in [3.05, 3.63) is 43.0 Å². The van der Waals surface area contributed by atoms with E-state index in [0.29, 0.717) is 12.3 Å². The molecule has 1 heterocycles. The third-order valence-corrected chi connectivity index (χ3v) is 3.30. The maximum Gasteiger partial charge on any atom is 0.258 e. The summed E-state index contributed by atoms with van der Waals surface area (Å²) in [6.45, 7) is 4.86. The molecule has 1 fully saturated rings. The molecule has 0 aliphatic carbocycles. The summed E-state index contributed by atoms with van der Waals surface area (Å²) in [5.41, 5.74) is 0. The van der Waals surface area contributed by atoms with Gasteiger partial charge in [0.1, 0.15) is 11.8 Å². The highest BCUT2D eigenvalue weighted by Gasteiger charge is 2.36. The Kier molecular flexibility index (Phi) is 5.37. The number of nitrogens with one attached hydrogen (secondary N) is 1. The fourth-order valence-electron chi connectivity index (χ4n) is 2.13. The highest BCUT2D eigenvalue weighted by Crippen LogP contribution is 2.12. The van der Waals surface area contributed by atoms with Gasteiger partial charge in [-0.1, -0.05) is 24.3 Å². The Bertz CT molecular complexity index is 502. The zero-order chi connectivity index (χ0) is 15.1. The molecule has 1 N–H and O–H groups in total. The molecule has 0 radical (unpaired) electrons. The van der Waals surface area contributed by atoms with Gasteiger partial charge in [0.25, 0.3) is 5.91 Å². The van der Waals surface area contributed by atoms with Gasteiger partial charge in [-0.15, -0.1) is 6.58 Å². The fraction of sp³-hybridized carbons (Fsp3) is 0.375. The molecule has 2 rings (SSSR count). The number of allylic oxidation sites excluding steroid dienone is 1. The Morgan fingerprint density at radius 2 is 2.19 bits per heavy atom. The maximum absolute atomic E-state index is 11.8. The second kappa shape index (κ2) is 7.47. The summed E-state index contributed by atoms with van der Waals surface area (Å²) in [5, 5.41) is 2.68. The number of nitrogens with zero attached hydrogens (tertiary/aromatic N) is 1. The molecule has 1 saturated heterocycles. The normalized spacial score (nSPS) is 17.0. The highest BCUT2D eigenvalue weighted by molar-refractivity contribution is 5.92. The van der Waals surface area contributed by atoms with Gasteiger partial charge >= 0.3 is 0 Å². The van der Waals surface area contributed by atoms with Gasteiger partial charge in [-0.2, -0.15) is 0 Å². The van der Waals surface area contributed by atoms with E-state index >= 15 is 0 Å². The Morgan fingerprint density at radius 1 is 1.43 bits per heavy atom. The number of β-lactam (4-membered cyclic amide) rings is 1. The lowest BCUT2D eigenvalue weighted by molar-refractivity contribution is -0.147. The second-order valence-corrected chi connectivity index (χ2v) is 4.94. The molecule has 0 unspecified atom stereocenters. The first-order valence-corrected chi connectivity index (χ1v) is 7.07. The summed E-state index contributed by atoms with van der Waals surface area (Å²) < 4.78 is 5.33. The van der Waals surface area contributed by atoms with Gasteiger partial charge in [-0.3, -0.25) is 9.59 Å². The van der Waals surface area contributed by atoms with E-state index in [0.717, 1.165) is 19.4 Å². The first-order chi connectivity index (χ1) is 10.2. The molecule has 0 saturated carbocycles. The predicted molar refractivity (Wildman–Crippen MR) is 79.9 cm³/mol. The lowest BCUT2D eigenvalue weighted by Gasteiger charge is -2.38. The summed E-state index contributed by atoms with van der Waals surface area (Å²) >= 11 is 0. The minimum absolute atomic E-state index is 0.0212. The number of ether oxygens (including phenoxy) is 1. The number of benzene rings is 1. The minimum atomic E-state index is -0.402. The maximum atomic E-state index is 11.8. The number of carbonyl (C=O) groups excluding carboxylic acids is 2. The largest absolute Gasteiger partial charge is 0.484 e. The monoisotopic (exact) mass is 288 g/mol. The molecule has 0 spiro atoms. The van der Waals surface area contributed by atoms with Crippen LogP contribution in [0.5, 0.6) is 5.75 Å². The van der Waals surface area contributed by atoms with Crippen molar-refractivity contribution in [2.24, 2.45) is 0 Å². The third-order valence-electron chi connectivity index (χ3n) is 3.30. The number of para-hydroxylation sites is 1. The molecule has 1 aliphatic heterocycles. The van der Waals surface area contributed by atoms with Gasteiger partial charge in [0, 0.05) is 13.1 Å². The van der Waals surface area contributed by atoms with E-state index in [1.165, 1.54) is 0 Å². The molecular weight excluding hydrogens is 268 g/mol. The number of carbonyl (C=O) groups is 2. The molecule has 0 bridgehead atoms. The number of amides is 2. The van der Waals surface area contributed by atoms with E-state index in [9.17, 15) is 9.59 Å². The highest BCUT2D eigenvalue weighted by atomic mass is 16.5. The predicted octanol–water partition coefficient (Wildman–Crippen LogP) is 1.36. The molecule has 1 aromatic rings. The van der Waals surface area contributed by atoms with E-state index in [-0.39, 0.29) is 18.4 Å². The van der Waals surface area contributed by atoms with Crippen LogP contribution in [0.25, 0.3) is 0 Å². The van der Waals surface area contributed by atoms with Gasteiger partial charge in [0.05, 0.1) is 0 Å². The molecule has 1 atom stereocenters. The van der Waals surface area contributed by atoms with Gasteiger partial charge in [-0.05, 0) is 25.0 Å². The zero-order valence-electron chi connectivity index (χ0n) is 12.0. The molecular formula is C16H20N2O3. The number of rotatable bonds is 8. The van der Waals surface area contributed by atoms with Crippen LogP contribution in [-0.2, 0) is 9.59 Å². The second-order valence-electron chi connectivity index (χ2n) is 4.94.